The molecule has 4 heteroatoms. The molecule has 1 aliphatic rings. The topological polar surface area (TPSA) is 35.6 Å². The highest BCUT2D eigenvalue weighted by Gasteiger charge is 2.17. The van der Waals surface area contributed by atoms with E-state index in [1.807, 2.05) is 6.07 Å². The van der Waals surface area contributed by atoms with Gasteiger partial charge in [-0.3, -0.25) is 14.6 Å². The fourth-order valence-electron chi connectivity index (χ4n) is 2.70. The first-order valence-corrected chi connectivity index (χ1v) is 8.71. The molecule has 0 unspecified atom stereocenters. The Labute approximate surface area is 140 Å². The molecule has 2 rings (SSSR count). The van der Waals surface area contributed by atoms with Gasteiger partial charge in [-0.25, -0.2) is 0 Å². The summed E-state index contributed by atoms with van der Waals surface area (Å²) < 4.78 is 0. The Morgan fingerprint density at radius 2 is 1.83 bits per heavy atom. The second-order valence-electron chi connectivity index (χ2n) is 6.09. The van der Waals surface area contributed by atoms with Crippen molar-refractivity contribution in [1.29, 1.82) is 0 Å². The summed E-state index contributed by atoms with van der Waals surface area (Å²) in [6.07, 6.45) is 6.58. The van der Waals surface area contributed by atoms with E-state index in [0.717, 1.165) is 52.1 Å². The van der Waals surface area contributed by atoms with Gasteiger partial charge >= 0.3 is 0 Å². The highest BCUT2D eigenvalue weighted by atomic mass is 16.2. The highest BCUT2D eigenvalue weighted by Crippen LogP contribution is 2.04. The number of unbranched alkanes of at least 4 members (excludes halogenated alkanes) is 1. The van der Waals surface area contributed by atoms with Crippen LogP contribution in [0.2, 0.25) is 0 Å². The third-order valence-corrected chi connectivity index (χ3v) is 4.16. The van der Waals surface area contributed by atoms with Crippen molar-refractivity contribution in [3.63, 3.8) is 0 Å². The smallest absolute Gasteiger partial charge is 0.234 e. The van der Waals surface area contributed by atoms with E-state index in [1.165, 1.54) is 5.56 Å². The van der Waals surface area contributed by atoms with Crippen molar-refractivity contribution >= 4 is 12.0 Å². The molecule has 1 aliphatic heterocycles. The van der Waals surface area contributed by atoms with E-state index >= 15 is 0 Å². The third kappa shape index (κ3) is 6.97. The zero-order chi connectivity index (χ0) is 16.3. The van der Waals surface area contributed by atoms with Crippen molar-refractivity contribution in [2.24, 2.45) is 0 Å². The molecule has 0 aliphatic carbocycles. The second-order valence-corrected chi connectivity index (χ2v) is 6.09. The van der Waals surface area contributed by atoms with Crippen LogP contribution >= 0.6 is 0 Å². The molecule has 0 bridgehead atoms. The van der Waals surface area contributed by atoms with E-state index < -0.39 is 0 Å². The molecule has 1 heterocycles. The Morgan fingerprint density at radius 3 is 2.52 bits per heavy atom. The molecule has 126 valence electrons. The van der Waals surface area contributed by atoms with Gasteiger partial charge in [0.1, 0.15) is 0 Å². The lowest BCUT2D eigenvalue weighted by Gasteiger charge is -2.33. The van der Waals surface area contributed by atoms with Gasteiger partial charge in [0, 0.05) is 39.3 Å². The molecular weight excluding hydrogens is 286 g/mol. The van der Waals surface area contributed by atoms with Gasteiger partial charge in [0.05, 0.1) is 6.54 Å². The summed E-state index contributed by atoms with van der Waals surface area (Å²) in [4.78, 5) is 16.5. The van der Waals surface area contributed by atoms with Gasteiger partial charge in [-0.2, -0.15) is 0 Å². The van der Waals surface area contributed by atoms with Gasteiger partial charge in [-0.1, -0.05) is 55.8 Å². The van der Waals surface area contributed by atoms with Gasteiger partial charge in [-0.05, 0) is 12.0 Å². The number of rotatable bonds is 8. The Hall–Kier alpha value is -1.65. The van der Waals surface area contributed by atoms with Crippen LogP contribution in [0.4, 0.5) is 0 Å². The molecule has 1 N–H and O–H groups in total. The van der Waals surface area contributed by atoms with Crippen LogP contribution in [-0.2, 0) is 4.79 Å². The van der Waals surface area contributed by atoms with Crippen molar-refractivity contribution in [1.82, 2.24) is 15.1 Å². The molecule has 0 spiro atoms. The van der Waals surface area contributed by atoms with Crippen molar-refractivity contribution in [3.8, 4) is 0 Å². The lowest BCUT2D eigenvalue weighted by atomic mass is 10.2. The monoisotopic (exact) mass is 315 g/mol. The van der Waals surface area contributed by atoms with Gasteiger partial charge in [-0.15, -0.1) is 0 Å². The summed E-state index contributed by atoms with van der Waals surface area (Å²) in [5.74, 6) is 0.163. The minimum Gasteiger partial charge on any atom is -0.355 e. The molecule has 4 nitrogen and oxygen atoms in total. The molecule has 1 saturated heterocycles. The van der Waals surface area contributed by atoms with E-state index in [2.05, 4.69) is 58.5 Å². The fraction of sp³-hybridized carbons (Fsp3) is 0.526. The summed E-state index contributed by atoms with van der Waals surface area (Å²) in [7, 11) is 0. The SMILES string of the molecule is CCCCNC(=O)CN1CCN(C/C=C/c2ccccc2)CC1. The molecule has 1 amide bonds. The van der Waals surface area contributed by atoms with Crippen LogP contribution in [0, 0.1) is 0 Å². The normalized spacial score (nSPS) is 16.7. The summed E-state index contributed by atoms with van der Waals surface area (Å²) in [6, 6.07) is 10.4. The number of nitrogens with one attached hydrogen (secondary N) is 1. The first-order valence-electron chi connectivity index (χ1n) is 8.71. The molecule has 0 saturated carbocycles. The minimum absolute atomic E-state index is 0.163. The summed E-state index contributed by atoms with van der Waals surface area (Å²) in [5, 5.41) is 2.99. The van der Waals surface area contributed by atoms with E-state index in [0.29, 0.717) is 6.54 Å². The summed E-state index contributed by atoms with van der Waals surface area (Å²) in [5.41, 5.74) is 1.25. The minimum atomic E-state index is 0.163. The molecule has 0 radical (unpaired) electrons. The van der Waals surface area contributed by atoms with Crippen molar-refractivity contribution in [3.05, 3.63) is 42.0 Å². The quantitative estimate of drug-likeness (QED) is 0.747. The average molecular weight is 315 g/mol. The van der Waals surface area contributed by atoms with Crippen LogP contribution < -0.4 is 5.32 Å². The Bertz CT molecular complexity index is 479. The van der Waals surface area contributed by atoms with Crippen molar-refractivity contribution in [2.45, 2.75) is 19.8 Å². The van der Waals surface area contributed by atoms with Crippen LogP contribution in [0.1, 0.15) is 25.3 Å². The van der Waals surface area contributed by atoms with Gasteiger partial charge in [0.2, 0.25) is 5.91 Å². The van der Waals surface area contributed by atoms with Crippen LogP contribution in [0.25, 0.3) is 6.08 Å². The number of benzene rings is 1. The second kappa shape index (κ2) is 10.2. The molecule has 1 aromatic carbocycles. The molecule has 23 heavy (non-hydrogen) atoms. The predicted octanol–water partition coefficient (Wildman–Crippen LogP) is 2.23. The molecule has 1 aromatic rings. The maximum atomic E-state index is 11.8. The largest absolute Gasteiger partial charge is 0.355 e. The van der Waals surface area contributed by atoms with E-state index in [-0.39, 0.29) is 5.91 Å². The number of carbonyl (C=O) groups excluding carboxylic acids is 1. The average Bonchev–Trinajstić information content (AvgIpc) is 2.58. The van der Waals surface area contributed by atoms with Gasteiger partial charge in [0.15, 0.2) is 0 Å². The van der Waals surface area contributed by atoms with Crippen molar-refractivity contribution in [2.75, 3.05) is 45.8 Å². The van der Waals surface area contributed by atoms with Gasteiger partial charge < -0.3 is 5.32 Å². The maximum absolute atomic E-state index is 11.8. The Kier molecular flexibility index (Phi) is 7.84. The first-order chi connectivity index (χ1) is 11.3. The number of amides is 1. The molecule has 0 aromatic heterocycles. The highest BCUT2D eigenvalue weighted by molar-refractivity contribution is 5.77. The number of nitrogens with zero attached hydrogens (tertiary/aromatic N) is 2. The number of hydrogen-bond donors (Lipinski definition) is 1. The predicted molar refractivity (Wildman–Crippen MR) is 96.3 cm³/mol. The molecule has 1 fully saturated rings. The zero-order valence-electron chi connectivity index (χ0n) is 14.2. The third-order valence-electron chi connectivity index (χ3n) is 4.16. The Morgan fingerprint density at radius 1 is 1.13 bits per heavy atom. The van der Waals surface area contributed by atoms with Crippen LogP contribution in [0.5, 0.6) is 0 Å². The molecular formula is C19H29N3O. The first kappa shape index (κ1) is 17.7. The van der Waals surface area contributed by atoms with Gasteiger partial charge in [0.25, 0.3) is 0 Å². The van der Waals surface area contributed by atoms with Crippen LogP contribution in [-0.4, -0.2) is 61.5 Å². The lowest BCUT2D eigenvalue weighted by Crippen LogP contribution is -2.49. The zero-order valence-corrected chi connectivity index (χ0v) is 14.2. The summed E-state index contributed by atoms with van der Waals surface area (Å²) in [6.45, 7) is 8.46. The Balaban J connectivity index is 1.62. The lowest BCUT2D eigenvalue weighted by molar-refractivity contribution is -0.122. The van der Waals surface area contributed by atoms with Crippen molar-refractivity contribution < 1.29 is 4.79 Å². The van der Waals surface area contributed by atoms with Crippen LogP contribution in [0.3, 0.4) is 0 Å². The number of carbonyl (C=O) groups is 1. The summed E-state index contributed by atoms with van der Waals surface area (Å²) >= 11 is 0. The maximum Gasteiger partial charge on any atom is 0.234 e. The van der Waals surface area contributed by atoms with E-state index in [4.69, 9.17) is 0 Å². The van der Waals surface area contributed by atoms with Crippen LogP contribution in [0.15, 0.2) is 36.4 Å². The van der Waals surface area contributed by atoms with E-state index in [1.54, 1.807) is 0 Å². The fourth-order valence-corrected chi connectivity index (χ4v) is 2.70. The van der Waals surface area contributed by atoms with E-state index in [9.17, 15) is 4.79 Å². The molecule has 0 atom stereocenters. The number of piperazine rings is 1. The number of hydrogen-bond acceptors (Lipinski definition) is 3. The standard InChI is InChI=1S/C19H29N3O/c1-2-3-11-20-19(23)17-22-15-13-21(14-16-22)12-7-10-18-8-5-4-6-9-18/h4-10H,2-3,11-17H2,1H3,(H,20,23)/b10-7+.